The fourth-order valence-corrected chi connectivity index (χ4v) is 3.45. The molecule has 0 unspecified atom stereocenters. The van der Waals surface area contributed by atoms with Gasteiger partial charge < -0.3 is 4.84 Å². The summed E-state index contributed by atoms with van der Waals surface area (Å²) in [6, 6.07) is 10.7. The maximum atomic E-state index is 5.71. The minimum atomic E-state index is 0.188. The van der Waals surface area contributed by atoms with Crippen molar-refractivity contribution in [3.8, 4) is 0 Å². The van der Waals surface area contributed by atoms with Crippen LogP contribution in [0.25, 0.3) is 0 Å². The minimum absolute atomic E-state index is 0.188. The molecule has 2 aliphatic rings. The number of nitrogens with zero attached hydrogens (tertiary/aromatic N) is 3. The molecule has 23 heavy (non-hydrogen) atoms. The highest BCUT2D eigenvalue weighted by atomic mass is 16.6. The van der Waals surface area contributed by atoms with Gasteiger partial charge in [0.2, 0.25) is 0 Å². The molecule has 2 atom stereocenters. The first-order valence-corrected chi connectivity index (χ1v) is 8.13. The summed E-state index contributed by atoms with van der Waals surface area (Å²) in [5, 5.41) is 4.36. The van der Waals surface area contributed by atoms with E-state index in [1.54, 1.807) is 0 Å². The SMILES string of the molecule is Cc1ccc(C2=NO[C@H]3CN(Cc4ccncc4C)C[C@@H]23)cc1. The van der Waals surface area contributed by atoms with E-state index in [-0.39, 0.29) is 6.10 Å². The van der Waals surface area contributed by atoms with Gasteiger partial charge in [0.25, 0.3) is 0 Å². The molecule has 118 valence electrons. The third-order valence-electron chi connectivity index (χ3n) is 4.86. The molecule has 0 N–H and O–H groups in total. The Morgan fingerprint density at radius 3 is 2.74 bits per heavy atom. The first kappa shape index (κ1) is 14.4. The number of hydrogen-bond acceptors (Lipinski definition) is 4. The fraction of sp³-hybridized carbons (Fsp3) is 0.368. The molecule has 2 aliphatic heterocycles. The fourth-order valence-electron chi connectivity index (χ4n) is 3.45. The number of oxime groups is 1. The highest BCUT2D eigenvalue weighted by molar-refractivity contribution is 6.03. The van der Waals surface area contributed by atoms with E-state index in [9.17, 15) is 0 Å². The van der Waals surface area contributed by atoms with Gasteiger partial charge in [-0.3, -0.25) is 9.88 Å². The Bertz CT molecular complexity index is 739. The summed E-state index contributed by atoms with van der Waals surface area (Å²) in [7, 11) is 0. The van der Waals surface area contributed by atoms with Crippen LogP contribution in [0.5, 0.6) is 0 Å². The van der Waals surface area contributed by atoms with Crippen LogP contribution in [0.2, 0.25) is 0 Å². The monoisotopic (exact) mass is 307 g/mol. The molecule has 1 fully saturated rings. The average Bonchev–Trinajstić information content (AvgIpc) is 3.11. The van der Waals surface area contributed by atoms with Crippen molar-refractivity contribution in [3.63, 3.8) is 0 Å². The largest absolute Gasteiger partial charge is 0.390 e. The molecular formula is C19H21N3O. The van der Waals surface area contributed by atoms with Gasteiger partial charge in [-0.15, -0.1) is 0 Å². The van der Waals surface area contributed by atoms with Gasteiger partial charge in [-0.25, -0.2) is 0 Å². The number of rotatable bonds is 3. The summed E-state index contributed by atoms with van der Waals surface area (Å²) in [5.74, 6) is 0.375. The number of aromatic nitrogens is 1. The Morgan fingerprint density at radius 1 is 1.13 bits per heavy atom. The van der Waals surface area contributed by atoms with E-state index in [1.807, 2.05) is 12.4 Å². The van der Waals surface area contributed by atoms with Crippen LogP contribution in [-0.4, -0.2) is 34.8 Å². The van der Waals surface area contributed by atoms with Crippen LogP contribution < -0.4 is 0 Å². The maximum absolute atomic E-state index is 5.71. The first-order valence-electron chi connectivity index (χ1n) is 8.13. The van der Waals surface area contributed by atoms with Crippen molar-refractivity contribution in [2.24, 2.45) is 11.1 Å². The molecule has 4 heteroatoms. The van der Waals surface area contributed by atoms with E-state index in [0.717, 1.165) is 25.3 Å². The van der Waals surface area contributed by atoms with Crippen molar-refractivity contribution in [2.45, 2.75) is 26.5 Å². The normalized spacial score (nSPS) is 23.5. The molecule has 0 amide bonds. The quantitative estimate of drug-likeness (QED) is 0.875. The Hall–Kier alpha value is -2.20. The molecule has 0 bridgehead atoms. The van der Waals surface area contributed by atoms with E-state index < -0.39 is 0 Å². The maximum Gasteiger partial charge on any atom is 0.149 e. The predicted octanol–water partition coefficient (Wildman–Crippen LogP) is 2.93. The van der Waals surface area contributed by atoms with Crippen molar-refractivity contribution in [1.82, 2.24) is 9.88 Å². The molecule has 0 aliphatic carbocycles. The van der Waals surface area contributed by atoms with Crippen molar-refractivity contribution in [3.05, 3.63) is 65.0 Å². The predicted molar refractivity (Wildman–Crippen MR) is 90.3 cm³/mol. The summed E-state index contributed by atoms with van der Waals surface area (Å²) in [6.07, 6.45) is 3.99. The molecular weight excluding hydrogens is 286 g/mol. The Balaban J connectivity index is 1.49. The van der Waals surface area contributed by atoms with E-state index >= 15 is 0 Å². The summed E-state index contributed by atoms with van der Waals surface area (Å²) in [6.45, 7) is 7.11. The standard InChI is InChI=1S/C19H21N3O/c1-13-3-5-15(6-4-13)19-17-11-22(12-18(17)23-21-19)10-16-7-8-20-9-14(16)2/h3-9,17-18H,10-12H2,1-2H3/t17-,18+/m1/s1. The lowest BCUT2D eigenvalue weighted by Gasteiger charge is -2.17. The lowest BCUT2D eigenvalue weighted by molar-refractivity contribution is 0.0745. The second-order valence-corrected chi connectivity index (χ2v) is 6.59. The van der Waals surface area contributed by atoms with Crippen molar-refractivity contribution < 1.29 is 4.84 Å². The first-order chi connectivity index (χ1) is 11.2. The lowest BCUT2D eigenvalue weighted by Crippen LogP contribution is -2.23. The van der Waals surface area contributed by atoms with Gasteiger partial charge in [-0.05, 0) is 36.6 Å². The third-order valence-corrected chi connectivity index (χ3v) is 4.86. The summed E-state index contributed by atoms with van der Waals surface area (Å²) in [4.78, 5) is 12.3. The number of pyridine rings is 1. The van der Waals surface area contributed by atoms with Crippen LogP contribution >= 0.6 is 0 Å². The zero-order valence-electron chi connectivity index (χ0n) is 13.6. The van der Waals surface area contributed by atoms with Crippen LogP contribution in [0.3, 0.4) is 0 Å². The number of likely N-dealkylation sites (tertiary alicyclic amines) is 1. The van der Waals surface area contributed by atoms with Crippen LogP contribution in [-0.2, 0) is 11.4 Å². The second-order valence-electron chi connectivity index (χ2n) is 6.59. The molecule has 0 spiro atoms. The van der Waals surface area contributed by atoms with Crippen LogP contribution in [0, 0.1) is 19.8 Å². The third kappa shape index (κ3) is 2.75. The number of benzene rings is 1. The smallest absolute Gasteiger partial charge is 0.149 e. The number of fused-ring (bicyclic) bond motifs is 1. The number of hydrogen-bond donors (Lipinski definition) is 0. The molecule has 1 aromatic heterocycles. The molecule has 2 aromatic rings. The zero-order valence-corrected chi connectivity index (χ0v) is 13.6. The van der Waals surface area contributed by atoms with E-state index in [1.165, 1.54) is 22.3 Å². The Labute approximate surface area is 136 Å². The summed E-state index contributed by atoms with van der Waals surface area (Å²) >= 11 is 0. The molecule has 4 nitrogen and oxygen atoms in total. The van der Waals surface area contributed by atoms with E-state index in [2.05, 4.69) is 59.2 Å². The second kappa shape index (κ2) is 5.78. The molecule has 0 saturated carbocycles. The summed E-state index contributed by atoms with van der Waals surface area (Å²) < 4.78 is 0. The Kier molecular flexibility index (Phi) is 3.62. The van der Waals surface area contributed by atoms with Crippen molar-refractivity contribution in [1.29, 1.82) is 0 Å². The molecule has 3 heterocycles. The van der Waals surface area contributed by atoms with Gasteiger partial charge in [0.05, 0.1) is 11.6 Å². The average molecular weight is 307 g/mol. The summed E-state index contributed by atoms with van der Waals surface area (Å²) in [5.41, 5.74) is 6.15. The van der Waals surface area contributed by atoms with E-state index in [4.69, 9.17) is 4.84 Å². The molecule has 4 rings (SSSR count). The van der Waals surface area contributed by atoms with Gasteiger partial charge in [0, 0.05) is 32.0 Å². The highest BCUT2D eigenvalue weighted by Crippen LogP contribution is 2.31. The minimum Gasteiger partial charge on any atom is -0.390 e. The van der Waals surface area contributed by atoms with E-state index in [0.29, 0.717) is 5.92 Å². The topological polar surface area (TPSA) is 37.7 Å². The van der Waals surface area contributed by atoms with Crippen LogP contribution in [0.1, 0.15) is 22.3 Å². The molecule has 0 radical (unpaired) electrons. The molecule has 1 saturated heterocycles. The molecule has 1 aromatic carbocycles. The highest BCUT2D eigenvalue weighted by Gasteiger charge is 2.42. The van der Waals surface area contributed by atoms with Crippen molar-refractivity contribution >= 4 is 5.71 Å². The van der Waals surface area contributed by atoms with Gasteiger partial charge >= 0.3 is 0 Å². The van der Waals surface area contributed by atoms with Gasteiger partial charge in [-0.1, -0.05) is 35.0 Å². The lowest BCUT2D eigenvalue weighted by atomic mass is 9.94. The zero-order chi connectivity index (χ0) is 15.8. The van der Waals surface area contributed by atoms with Crippen LogP contribution in [0.15, 0.2) is 47.9 Å². The van der Waals surface area contributed by atoms with Crippen molar-refractivity contribution in [2.75, 3.05) is 13.1 Å². The van der Waals surface area contributed by atoms with Gasteiger partial charge in [-0.2, -0.15) is 0 Å². The van der Waals surface area contributed by atoms with Gasteiger partial charge in [0.1, 0.15) is 6.10 Å². The number of aryl methyl sites for hydroxylation is 2. The van der Waals surface area contributed by atoms with Gasteiger partial charge in [0.15, 0.2) is 0 Å². The Morgan fingerprint density at radius 2 is 1.96 bits per heavy atom. The van der Waals surface area contributed by atoms with Crippen LogP contribution in [0.4, 0.5) is 0 Å².